The Morgan fingerprint density at radius 2 is 1.79 bits per heavy atom. The van der Waals surface area contributed by atoms with Crippen LogP contribution in [0, 0.1) is 0 Å². The fourth-order valence-corrected chi connectivity index (χ4v) is 5.32. The van der Waals surface area contributed by atoms with E-state index in [0.717, 1.165) is 38.2 Å². The maximum Gasteiger partial charge on any atom is 0.213 e. The number of sulfonamides is 1. The normalized spacial score (nSPS) is 20.2. The summed E-state index contributed by atoms with van der Waals surface area (Å²) in [6, 6.07) is 8.26. The van der Waals surface area contributed by atoms with Gasteiger partial charge in [0.25, 0.3) is 0 Å². The molecule has 2 heterocycles. The molecule has 0 amide bonds. The predicted octanol–water partition coefficient (Wildman–Crippen LogP) is 2.88. The fourth-order valence-electron chi connectivity index (χ4n) is 4.43. The van der Waals surface area contributed by atoms with E-state index in [-0.39, 0.29) is 11.2 Å². The summed E-state index contributed by atoms with van der Waals surface area (Å²) in [5.74, 6) is 1.01. The van der Waals surface area contributed by atoms with Crippen molar-refractivity contribution in [2.24, 2.45) is 0 Å². The summed E-state index contributed by atoms with van der Waals surface area (Å²) >= 11 is 0. The SMILES string of the molecule is CCS(=O)(=O)N(C)CC1(c2ccc(OCCCN3CCCC3)cc2)CCOCC1. The Morgan fingerprint density at radius 3 is 2.41 bits per heavy atom. The van der Waals surface area contributed by atoms with Gasteiger partial charge in [0.05, 0.1) is 12.4 Å². The van der Waals surface area contributed by atoms with Gasteiger partial charge in [-0.15, -0.1) is 0 Å². The van der Waals surface area contributed by atoms with Crippen molar-refractivity contribution >= 4 is 10.0 Å². The van der Waals surface area contributed by atoms with Gasteiger partial charge in [-0.2, -0.15) is 0 Å². The molecule has 7 heteroatoms. The van der Waals surface area contributed by atoms with Gasteiger partial charge in [0.2, 0.25) is 10.0 Å². The Kier molecular flexibility index (Phi) is 7.96. The average Bonchev–Trinajstić information content (AvgIpc) is 3.26. The molecule has 0 spiro atoms. The van der Waals surface area contributed by atoms with Crippen molar-refractivity contribution in [1.82, 2.24) is 9.21 Å². The summed E-state index contributed by atoms with van der Waals surface area (Å²) in [5.41, 5.74) is 0.965. The second-order valence-electron chi connectivity index (χ2n) is 8.32. The first kappa shape index (κ1) is 22.5. The van der Waals surface area contributed by atoms with Gasteiger partial charge in [-0.3, -0.25) is 0 Å². The number of hydrogen-bond acceptors (Lipinski definition) is 5. The highest BCUT2D eigenvalue weighted by Gasteiger charge is 2.37. The summed E-state index contributed by atoms with van der Waals surface area (Å²) < 4.78 is 37.7. The van der Waals surface area contributed by atoms with E-state index in [9.17, 15) is 8.42 Å². The van der Waals surface area contributed by atoms with E-state index in [1.807, 2.05) is 12.1 Å². The summed E-state index contributed by atoms with van der Waals surface area (Å²) in [4.78, 5) is 2.50. The van der Waals surface area contributed by atoms with Crippen molar-refractivity contribution in [1.29, 1.82) is 0 Å². The Hall–Kier alpha value is -1.15. The number of likely N-dealkylation sites (tertiary alicyclic amines) is 1. The molecule has 0 saturated carbocycles. The van der Waals surface area contributed by atoms with Crippen molar-refractivity contribution in [3.05, 3.63) is 29.8 Å². The molecule has 0 radical (unpaired) electrons. The van der Waals surface area contributed by atoms with E-state index in [1.54, 1.807) is 14.0 Å². The lowest BCUT2D eigenvalue weighted by Crippen LogP contribution is -2.45. The highest BCUT2D eigenvalue weighted by Crippen LogP contribution is 2.37. The van der Waals surface area contributed by atoms with E-state index < -0.39 is 10.0 Å². The van der Waals surface area contributed by atoms with Crippen molar-refractivity contribution < 1.29 is 17.9 Å². The predicted molar refractivity (Wildman–Crippen MR) is 116 cm³/mol. The molecule has 0 unspecified atom stereocenters. The molecule has 1 aromatic carbocycles. The maximum absolute atomic E-state index is 12.3. The van der Waals surface area contributed by atoms with Gasteiger partial charge in [0.15, 0.2) is 0 Å². The number of likely N-dealkylation sites (N-methyl/N-ethyl adjacent to an activating group) is 1. The summed E-state index contributed by atoms with van der Waals surface area (Å²) in [6.45, 7) is 7.79. The van der Waals surface area contributed by atoms with Crippen molar-refractivity contribution in [3.8, 4) is 5.75 Å². The van der Waals surface area contributed by atoms with Crippen LogP contribution in [-0.2, 0) is 20.2 Å². The number of benzene rings is 1. The molecule has 0 bridgehead atoms. The quantitative estimate of drug-likeness (QED) is 0.541. The molecule has 6 nitrogen and oxygen atoms in total. The summed E-state index contributed by atoms with van der Waals surface area (Å²) in [5, 5.41) is 0. The van der Waals surface area contributed by atoms with Gasteiger partial charge < -0.3 is 14.4 Å². The zero-order valence-corrected chi connectivity index (χ0v) is 18.8. The molecule has 29 heavy (non-hydrogen) atoms. The minimum Gasteiger partial charge on any atom is -0.494 e. The van der Waals surface area contributed by atoms with E-state index in [0.29, 0.717) is 19.8 Å². The Labute approximate surface area is 176 Å². The lowest BCUT2D eigenvalue weighted by Gasteiger charge is -2.40. The molecular formula is C22H36N2O4S. The van der Waals surface area contributed by atoms with Crippen LogP contribution in [0.5, 0.6) is 5.75 Å². The monoisotopic (exact) mass is 424 g/mol. The molecule has 3 rings (SSSR count). The Morgan fingerprint density at radius 1 is 1.14 bits per heavy atom. The second kappa shape index (κ2) is 10.2. The largest absolute Gasteiger partial charge is 0.494 e. The summed E-state index contributed by atoms with van der Waals surface area (Å²) in [7, 11) is -1.52. The third kappa shape index (κ3) is 5.94. The van der Waals surface area contributed by atoms with Crippen LogP contribution in [0.4, 0.5) is 0 Å². The first-order chi connectivity index (χ1) is 14.0. The highest BCUT2D eigenvalue weighted by molar-refractivity contribution is 7.89. The standard InChI is InChI=1S/C22H36N2O4S/c1-3-29(25,26)23(2)19-22(11-17-27-18-12-22)20-7-9-21(10-8-20)28-16-6-15-24-13-4-5-14-24/h7-10H,3-6,11-19H2,1-2H3. The van der Waals surface area contributed by atoms with Crippen LogP contribution < -0.4 is 4.74 Å². The number of rotatable bonds is 10. The van der Waals surface area contributed by atoms with Gasteiger partial charge in [0, 0.05) is 38.8 Å². The van der Waals surface area contributed by atoms with Gasteiger partial charge in [-0.05, 0) is 69.8 Å². The Balaban J connectivity index is 1.61. The topological polar surface area (TPSA) is 59.1 Å². The molecule has 2 aliphatic rings. The molecule has 2 aliphatic heterocycles. The fraction of sp³-hybridized carbons (Fsp3) is 0.727. The zero-order valence-electron chi connectivity index (χ0n) is 17.9. The minimum atomic E-state index is -3.21. The lowest BCUT2D eigenvalue weighted by atomic mass is 9.74. The van der Waals surface area contributed by atoms with Crippen LogP contribution in [0.1, 0.15) is 44.6 Å². The number of ether oxygens (including phenoxy) is 2. The maximum atomic E-state index is 12.3. The summed E-state index contributed by atoms with van der Waals surface area (Å²) in [6.07, 6.45) is 5.34. The van der Waals surface area contributed by atoms with Gasteiger partial charge in [-0.25, -0.2) is 12.7 Å². The molecule has 2 saturated heterocycles. The molecule has 0 aromatic heterocycles. The van der Waals surface area contributed by atoms with Crippen molar-refractivity contribution in [2.75, 3.05) is 58.8 Å². The molecule has 1 aromatic rings. The van der Waals surface area contributed by atoms with Crippen molar-refractivity contribution in [3.63, 3.8) is 0 Å². The Bertz CT molecular complexity index is 724. The van der Waals surface area contributed by atoms with Crippen LogP contribution in [-0.4, -0.2) is 76.4 Å². The van der Waals surface area contributed by atoms with E-state index in [4.69, 9.17) is 9.47 Å². The van der Waals surface area contributed by atoms with Gasteiger partial charge >= 0.3 is 0 Å². The van der Waals surface area contributed by atoms with E-state index in [2.05, 4.69) is 17.0 Å². The van der Waals surface area contributed by atoms with Crippen LogP contribution in [0.3, 0.4) is 0 Å². The number of hydrogen-bond donors (Lipinski definition) is 0. The first-order valence-electron chi connectivity index (χ1n) is 10.9. The first-order valence-corrected chi connectivity index (χ1v) is 12.5. The molecule has 0 atom stereocenters. The van der Waals surface area contributed by atoms with Crippen LogP contribution in [0.15, 0.2) is 24.3 Å². The average molecular weight is 425 g/mol. The van der Waals surface area contributed by atoms with Gasteiger partial charge in [0.1, 0.15) is 5.75 Å². The number of nitrogens with zero attached hydrogens (tertiary/aromatic N) is 2. The minimum absolute atomic E-state index is 0.125. The third-order valence-electron chi connectivity index (χ3n) is 6.37. The van der Waals surface area contributed by atoms with E-state index >= 15 is 0 Å². The van der Waals surface area contributed by atoms with Crippen LogP contribution in [0.2, 0.25) is 0 Å². The smallest absolute Gasteiger partial charge is 0.213 e. The van der Waals surface area contributed by atoms with Gasteiger partial charge in [-0.1, -0.05) is 12.1 Å². The van der Waals surface area contributed by atoms with Crippen molar-refractivity contribution in [2.45, 2.75) is 44.4 Å². The van der Waals surface area contributed by atoms with Crippen LogP contribution in [0.25, 0.3) is 0 Å². The second-order valence-corrected chi connectivity index (χ2v) is 10.7. The molecule has 2 fully saturated rings. The van der Waals surface area contributed by atoms with Crippen LogP contribution >= 0.6 is 0 Å². The van der Waals surface area contributed by atoms with E-state index in [1.165, 1.54) is 35.8 Å². The lowest BCUT2D eigenvalue weighted by molar-refractivity contribution is 0.0446. The highest BCUT2D eigenvalue weighted by atomic mass is 32.2. The third-order valence-corrected chi connectivity index (χ3v) is 8.18. The molecule has 0 aliphatic carbocycles. The zero-order chi connectivity index (χ0) is 20.7. The molecule has 0 N–H and O–H groups in total. The molecular weight excluding hydrogens is 388 g/mol. The molecule has 164 valence electrons.